The summed E-state index contributed by atoms with van der Waals surface area (Å²) in [6.07, 6.45) is 1.49. The van der Waals surface area contributed by atoms with Crippen molar-refractivity contribution < 1.29 is 14.6 Å². The van der Waals surface area contributed by atoms with Gasteiger partial charge in [0.15, 0.2) is 0 Å². The third kappa shape index (κ3) is 6.49. The summed E-state index contributed by atoms with van der Waals surface area (Å²) in [4.78, 5) is 11.9. The van der Waals surface area contributed by atoms with Crippen molar-refractivity contribution in [3.05, 3.63) is 30.3 Å². The van der Waals surface area contributed by atoms with Crippen LogP contribution in [0.2, 0.25) is 0 Å². The molecule has 5 heteroatoms. The van der Waals surface area contributed by atoms with Gasteiger partial charge in [-0.3, -0.25) is 0 Å². The highest BCUT2D eigenvalue weighted by Crippen LogP contribution is 2.11. The van der Waals surface area contributed by atoms with Crippen LogP contribution in [-0.4, -0.2) is 35.9 Å². The van der Waals surface area contributed by atoms with Gasteiger partial charge >= 0.3 is 6.03 Å². The number of urea groups is 1. The van der Waals surface area contributed by atoms with Crippen LogP contribution in [0.15, 0.2) is 30.3 Å². The summed E-state index contributed by atoms with van der Waals surface area (Å²) in [5.41, 5.74) is -0.581. The number of carbonyl (C=O) groups is 1. The van der Waals surface area contributed by atoms with Crippen LogP contribution in [0.5, 0.6) is 5.75 Å². The molecule has 0 fully saturated rings. The zero-order valence-electron chi connectivity index (χ0n) is 13.1. The fourth-order valence-corrected chi connectivity index (χ4v) is 2.06. The van der Waals surface area contributed by atoms with Crippen molar-refractivity contribution in [1.29, 1.82) is 0 Å². The second-order valence-electron chi connectivity index (χ2n) is 5.55. The van der Waals surface area contributed by atoms with Gasteiger partial charge in [0.25, 0.3) is 0 Å². The second-order valence-corrected chi connectivity index (χ2v) is 5.55. The van der Waals surface area contributed by atoms with Gasteiger partial charge in [0, 0.05) is 0 Å². The van der Waals surface area contributed by atoms with E-state index in [-0.39, 0.29) is 18.7 Å². The average Bonchev–Trinajstić information content (AvgIpc) is 2.46. The van der Waals surface area contributed by atoms with Gasteiger partial charge in [-0.25, -0.2) is 4.79 Å². The molecule has 1 rings (SSSR count). The molecule has 2 atom stereocenters. The SMILES string of the molecule is CCCC(C)(CO)NC(=O)NCC(C)Oc1ccccc1. The molecule has 21 heavy (non-hydrogen) atoms. The third-order valence-corrected chi connectivity index (χ3v) is 3.20. The lowest BCUT2D eigenvalue weighted by Crippen LogP contribution is -2.53. The van der Waals surface area contributed by atoms with Crippen molar-refractivity contribution in [2.24, 2.45) is 0 Å². The Morgan fingerprint density at radius 3 is 2.62 bits per heavy atom. The Bertz CT molecular complexity index is 425. The zero-order valence-corrected chi connectivity index (χ0v) is 13.1. The van der Waals surface area contributed by atoms with Crippen molar-refractivity contribution in [3.8, 4) is 5.75 Å². The van der Waals surface area contributed by atoms with Crippen molar-refractivity contribution >= 4 is 6.03 Å². The molecular weight excluding hydrogens is 268 g/mol. The summed E-state index contributed by atoms with van der Waals surface area (Å²) in [6.45, 7) is 6.06. The van der Waals surface area contributed by atoms with E-state index in [1.807, 2.05) is 51.1 Å². The third-order valence-electron chi connectivity index (χ3n) is 3.20. The molecule has 0 aromatic heterocycles. The molecule has 0 aliphatic carbocycles. The monoisotopic (exact) mass is 294 g/mol. The van der Waals surface area contributed by atoms with Crippen LogP contribution >= 0.6 is 0 Å². The normalized spacial score (nSPS) is 14.9. The molecule has 0 aliphatic heterocycles. The molecule has 0 heterocycles. The van der Waals surface area contributed by atoms with Gasteiger partial charge in [0.1, 0.15) is 11.9 Å². The number of hydrogen-bond acceptors (Lipinski definition) is 3. The number of aliphatic hydroxyl groups is 1. The van der Waals surface area contributed by atoms with Gasteiger partial charge in [-0.1, -0.05) is 31.5 Å². The van der Waals surface area contributed by atoms with Crippen LogP contribution in [0, 0.1) is 0 Å². The maximum Gasteiger partial charge on any atom is 0.315 e. The van der Waals surface area contributed by atoms with Crippen molar-refractivity contribution in [2.45, 2.75) is 45.3 Å². The van der Waals surface area contributed by atoms with Gasteiger partial charge in [0.05, 0.1) is 18.7 Å². The molecule has 0 bridgehead atoms. The number of rotatable bonds is 8. The maximum absolute atomic E-state index is 11.9. The Labute approximate surface area is 126 Å². The first-order valence-corrected chi connectivity index (χ1v) is 7.37. The van der Waals surface area contributed by atoms with Crippen LogP contribution in [-0.2, 0) is 0 Å². The second kappa shape index (κ2) is 8.52. The molecule has 2 unspecified atom stereocenters. The number of amides is 2. The highest BCUT2D eigenvalue weighted by molar-refractivity contribution is 5.74. The minimum absolute atomic E-state index is 0.0790. The molecular formula is C16H26N2O3. The number of hydrogen-bond donors (Lipinski definition) is 3. The van der Waals surface area contributed by atoms with Crippen LogP contribution in [0.1, 0.15) is 33.6 Å². The predicted octanol–water partition coefficient (Wildman–Crippen LogP) is 2.30. The Balaban J connectivity index is 2.35. The number of carbonyl (C=O) groups excluding carboxylic acids is 1. The van der Waals surface area contributed by atoms with E-state index in [4.69, 9.17) is 4.74 Å². The van der Waals surface area contributed by atoms with E-state index in [0.29, 0.717) is 6.54 Å². The molecule has 0 saturated heterocycles. The predicted molar refractivity (Wildman–Crippen MR) is 83.5 cm³/mol. The number of benzene rings is 1. The lowest BCUT2D eigenvalue weighted by atomic mass is 9.98. The quantitative estimate of drug-likeness (QED) is 0.689. The Morgan fingerprint density at radius 2 is 2.05 bits per heavy atom. The zero-order chi connectivity index (χ0) is 15.7. The van der Waals surface area contributed by atoms with E-state index in [2.05, 4.69) is 10.6 Å². The fraction of sp³-hybridized carbons (Fsp3) is 0.562. The molecule has 3 N–H and O–H groups in total. The van der Waals surface area contributed by atoms with E-state index in [1.165, 1.54) is 0 Å². The van der Waals surface area contributed by atoms with Crippen molar-refractivity contribution in [3.63, 3.8) is 0 Å². The topological polar surface area (TPSA) is 70.6 Å². The molecule has 1 aromatic carbocycles. The molecule has 118 valence electrons. The molecule has 2 amide bonds. The summed E-state index contributed by atoms with van der Waals surface area (Å²) in [6, 6.07) is 9.19. The summed E-state index contributed by atoms with van der Waals surface area (Å²) in [7, 11) is 0. The number of para-hydroxylation sites is 1. The van der Waals surface area contributed by atoms with Gasteiger partial charge in [-0.05, 0) is 32.4 Å². The summed E-state index contributed by atoms with van der Waals surface area (Å²) >= 11 is 0. The minimum atomic E-state index is -0.581. The lowest BCUT2D eigenvalue weighted by Gasteiger charge is -2.28. The van der Waals surface area contributed by atoms with Crippen LogP contribution < -0.4 is 15.4 Å². The van der Waals surface area contributed by atoms with E-state index in [9.17, 15) is 9.90 Å². The molecule has 1 aromatic rings. The molecule has 0 saturated carbocycles. The molecule has 5 nitrogen and oxygen atoms in total. The maximum atomic E-state index is 11.9. The summed E-state index contributed by atoms with van der Waals surface area (Å²) in [5.74, 6) is 0.776. The van der Waals surface area contributed by atoms with Gasteiger partial charge in [-0.15, -0.1) is 0 Å². The number of aliphatic hydroxyl groups excluding tert-OH is 1. The molecule has 0 spiro atoms. The van der Waals surface area contributed by atoms with Gasteiger partial charge < -0.3 is 20.5 Å². The van der Waals surface area contributed by atoms with E-state index in [1.54, 1.807) is 0 Å². The Kier molecular flexibility index (Phi) is 7.02. The first-order chi connectivity index (χ1) is 9.99. The highest BCUT2D eigenvalue weighted by atomic mass is 16.5. The number of ether oxygens (including phenoxy) is 1. The van der Waals surface area contributed by atoms with Crippen LogP contribution in [0.4, 0.5) is 4.79 Å². The fourth-order valence-electron chi connectivity index (χ4n) is 2.06. The van der Waals surface area contributed by atoms with Crippen LogP contribution in [0.25, 0.3) is 0 Å². The van der Waals surface area contributed by atoms with Gasteiger partial charge in [0.2, 0.25) is 0 Å². The molecule has 0 aliphatic rings. The highest BCUT2D eigenvalue weighted by Gasteiger charge is 2.24. The summed E-state index contributed by atoms with van der Waals surface area (Å²) in [5, 5.41) is 14.9. The van der Waals surface area contributed by atoms with Crippen LogP contribution in [0.3, 0.4) is 0 Å². The first kappa shape index (κ1) is 17.3. The Hall–Kier alpha value is -1.75. The molecule has 0 radical (unpaired) electrons. The average molecular weight is 294 g/mol. The van der Waals surface area contributed by atoms with Gasteiger partial charge in [-0.2, -0.15) is 0 Å². The lowest BCUT2D eigenvalue weighted by molar-refractivity contribution is 0.160. The largest absolute Gasteiger partial charge is 0.489 e. The standard InChI is InChI=1S/C16H26N2O3/c1-4-10-16(3,12-19)18-15(20)17-11-13(2)21-14-8-6-5-7-9-14/h5-9,13,19H,4,10-12H2,1-3H3,(H2,17,18,20). The van der Waals surface area contributed by atoms with E-state index >= 15 is 0 Å². The summed E-state index contributed by atoms with van der Waals surface area (Å²) < 4.78 is 5.68. The smallest absolute Gasteiger partial charge is 0.315 e. The van der Waals surface area contributed by atoms with E-state index in [0.717, 1.165) is 18.6 Å². The van der Waals surface area contributed by atoms with E-state index < -0.39 is 5.54 Å². The first-order valence-electron chi connectivity index (χ1n) is 7.37. The number of nitrogens with one attached hydrogen (secondary N) is 2. The Morgan fingerprint density at radius 1 is 1.38 bits per heavy atom. The van der Waals surface area contributed by atoms with Crippen molar-refractivity contribution in [1.82, 2.24) is 10.6 Å². The van der Waals surface area contributed by atoms with Crippen molar-refractivity contribution in [2.75, 3.05) is 13.2 Å². The minimum Gasteiger partial charge on any atom is -0.489 e.